The highest BCUT2D eigenvalue weighted by Gasteiger charge is 2.62. The standard InChI is InChI=1S/C15H30N2O3/c1-4-20-12-11-15(16,14(12,2)3)13(19)17-9-7-5-6-8-10-18/h12,18H,4-11,16H2,1-3H3,(H,17,19). The zero-order valence-corrected chi connectivity index (χ0v) is 13.1. The van der Waals surface area contributed by atoms with Gasteiger partial charge in [-0.05, 0) is 19.8 Å². The fourth-order valence-electron chi connectivity index (χ4n) is 2.77. The lowest BCUT2D eigenvalue weighted by atomic mass is 9.54. The van der Waals surface area contributed by atoms with Gasteiger partial charge in [-0.3, -0.25) is 4.79 Å². The second-order valence-electron chi connectivity index (χ2n) is 6.23. The number of hydrogen-bond donors (Lipinski definition) is 3. The Morgan fingerprint density at radius 2 is 2.00 bits per heavy atom. The lowest BCUT2D eigenvalue weighted by molar-refractivity contribution is -0.170. The molecule has 1 aliphatic rings. The van der Waals surface area contributed by atoms with Gasteiger partial charge in [0.2, 0.25) is 5.91 Å². The largest absolute Gasteiger partial charge is 0.396 e. The van der Waals surface area contributed by atoms with Crippen molar-refractivity contribution in [1.82, 2.24) is 5.32 Å². The van der Waals surface area contributed by atoms with Gasteiger partial charge in [0, 0.05) is 31.6 Å². The number of aliphatic hydroxyl groups excluding tert-OH is 1. The topological polar surface area (TPSA) is 84.6 Å². The van der Waals surface area contributed by atoms with Crippen molar-refractivity contribution in [2.24, 2.45) is 11.1 Å². The number of hydrogen-bond acceptors (Lipinski definition) is 4. The second kappa shape index (κ2) is 7.38. The second-order valence-corrected chi connectivity index (χ2v) is 6.23. The molecule has 0 aliphatic heterocycles. The number of carbonyl (C=O) groups excluding carboxylic acids is 1. The predicted octanol–water partition coefficient (Wildman–Crippen LogP) is 1.19. The predicted molar refractivity (Wildman–Crippen MR) is 79.3 cm³/mol. The van der Waals surface area contributed by atoms with Gasteiger partial charge in [0.05, 0.1) is 6.10 Å². The molecule has 1 rings (SSSR count). The highest BCUT2D eigenvalue weighted by molar-refractivity contribution is 5.88. The molecule has 5 heteroatoms. The molecule has 0 spiro atoms. The van der Waals surface area contributed by atoms with Crippen molar-refractivity contribution < 1.29 is 14.6 Å². The summed E-state index contributed by atoms with van der Waals surface area (Å²) >= 11 is 0. The van der Waals surface area contributed by atoms with E-state index < -0.39 is 5.54 Å². The Labute approximate surface area is 122 Å². The molecule has 0 radical (unpaired) electrons. The van der Waals surface area contributed by atoms with E-state index in [0.29, 0.717) is 19.6 Å². The maximum Gasteiger partial charge on any atom is 0.240 e. The summed E-state index contributed by atoms with van der Waals surface area (Å²) in [5.41, 5.74) is 5.13. The van der Waals surface area contributed by atoms with Crippen molar-refractivity contribution >= 4 is 5.91 Å². The van der Waals surface area contributed by atoms with Crippen LogP contribution < -0.4 is 11.1 Å². The molecule has 5 nitrogen and oxygen atoms in total. The molecule has 0 aromatic carbocycles. The number of amides is 1. The summed E-state index contributed by atoms with van der Waals surface area (Å²) in [6.45, 7) is 7.49. The SMILES string of the molecule is CCOC1CC(N)(C(=O)NCCCCCCO)C1(C)C. The number of unbranched alkanes of at least 4 members (excludes halogenated alkanes) is 3. The summed E-state index contributed by atoms with van der Waals surface area (Å²) < 4.78 is 5.62. The van der Waals surface area contributed by atoms with Gasteiger partial charge < -0.3 is 20.9 Å². The molecule has 0 bridgehead atoms. The molecule has 1 amide bonds. The van der Waals surface area contributed by atoms with Crippen LogP contribution in [0.25, 0.3) is 0 Å². The van der Waals surface area contributed by atoms with Gasteiger partial charge in [-0.25, -0.2) is 0 Å². The number of carbonyl (C=O) groups is 1. The number of nitrogens with one attached hydrogen (secondary N) is 1. The summed E-state index contributed by atoms with van der Waals surface area (Å²) in [5, 5.41) is 11.6. The molecule has 2 atom stereocenters. The van der Waals surface area contributed by atoms with Crippen LogP contribution in [-0.4, -0.2) is 42.4 Å². The molecule has 1 fully saturated rings. The average Bonchev–Trinajstić information content (AvgIpc) is 2.41. The Balaban J connectivity index is 2.33. The smallest absolute Gasteiger partial charge is 0.240 e. The molecule has 118 valence electrons. The van der Waals surface area contributed by atoms with E-state index in [0.717, 1.165) is 25.7 Å². The molecule has 0 saturated heterocycles. The van der Waals surface area contributed by atoms with Crippen LogP contribution in [0, 0.1) is 5.41 Å². The Morgan fingerprint density at radius 3 is 2.55 bits per heavy atom. The van der Waals surface area contributed by atoms with Gasteiger partial charge >= 0.3 is 0 Å². The highest BCUT2D eigenvalue weighted by atomic mass is 16.5. The van der Waals surface area contributed by atoms with Crippen LogP contribution in [0.15, 0.2) is 0 Å². The molecular weight excluding hydrogens is 256 g/mol. The van der Waals surface area contributed by atoms with Crippen LogP contribution >= 0.6 is 0 Å². The maximum atomic E-state index is 12.3. The van der Waals surface area contributed by atoms with E-state index in [2.05, 4.69) is 5.32 Å². The van der Waals surface area contributed by atoms with Gasteiger partial charge in [0.1, 0.15) is 5.54 Å². The lowest BCUT2D eigenvalue weighted by Gasteiger charge is -2.57. The summed E-state index contributed by atoms with van der Waals surface area (Å²) in [6.07, 6.45) is 4.42. The molecule has 2 unspecified atom stereocenters. The normalized spacial score (nSPS) is 27.9. The number of nitrogens with two attached hydrogens (primary N) is 1. The highest BCUT2D eigenvalue weighted by Crippen LogP contribution is 2.49. The van der Waals surface area contributed by atoms with Crippen molar-refractivity contribution in [3.63, 3.8) is 0 Å². The Morgan fingerprint density at radius 1 is 1.35 bits per heavy atom. The molecular formula is C15H30N2O3. The van der Waals surface area contributed by atoms with Crippen LogP contribution in [0.5, 0.6) is 0 Å². The van der Waals surface area contributed by atoms with Crippen LogP contribution in [0.1, 0.15) is 52.9 Å². The summed E-state index contributed by atoms with van der Waals surface area (Å²) in [5.74, 6) is -0.0689. The van der Waals surface area contributed by atoms with Gasteiger partial charge in [0.15, 0.2) is 0 Å². The lowest BCUT2D eigenvalue weighted by Crippen LogP contribution is -2.75. The monoisotopic (exact) mass is 286 g/mol. The maximum absolute atomic E-state index is 12.3. The van der Waals surface area contributed by atoms with E-state index in [4.69, 9.17) is 15.6 Å². The van der Waals surface area contributed by atoms with Gasteiger partial charge in [-0.15, -0.1) is 0 Å². The Bertz CT molecular complexity index is 320. The molecule has 1 aliphatic carbocycles. The van der Waals surface area contributed by atoms with E-state index in [1.165, 1.54) is 0 Å². The van der Waals surface area contributed by atoms with Crippen LogP contribution in [-0.2, 0) is 9.53 Å². The fraction of sp³-hybridized carbons (Fsp3) is 0.933. The minimum atomic E-state index is -0.821. The van der Waals surface area contributed by atoms with E-state index in [1.54, 1.807) is 0 Å². The zero-order chi connectivity index (χ0) is 15.2. The summed E-state index contributed by atoms with van der Waals surface area (Å²) in [6, 6.07) is 0. The number of aliphatic hydroxyl groups is 1. The first-order valence-electron chi connectivity index (χ1n) is 7.69. The molecule has 0 aromatic heterocycles. The van der Waals surface area contributed by atoms with Crippen molar-refractivity contribution in [2.45, 2.75) is 64.5 Å². The molecule has 0 aromatic rings. The van der Waals surface area contributed by atoms with Crippen LogP contribution in [0.4, 0.5) is 0 Å². The van der Waals surface area contributed by atoms with Crippen molar-refractivity contribution in [1.29, 1.82) is 0 Å². The molecule has 4 N–H and O–H groups in total. The fourth-order valence-corrected chi connectivity index (χ4v) is 2.77. The van der Waals surface area contributed by atoms with Crippen molar-refractivity contribution in [3.8, 4) is 0 Å². The first-order chi connectivity index (χ1) is 9.40. The minimum absolute atomic E-state index is 0.0628. The van der Waals surface area contributed by atoms with E-state index in [9.17, 15) is 4.79 Å². The first-order valence-corrected chi connectivity index (χ1v) is 7.69. The van der Waals surface area contributed by atoms with Crippen molar-refractivity contribution in [2.75, 3.05) is 19.8 Å². The Kier molecular flexibility index (Phi) is 6.43. The molecule has 0 heterocycles. The van der Waals surface area contributed by atoms with Crippen LogP contribution in [0.2, 0.25) is 0 Å². The van der Waals surface area contributed by atoms with E-state index >= 15 is 0 Å². The van der Waals surface area contributed by atoms with Gasteiger partial charge in [-0.2, -0.15) is 0 Å². The van der Waals surface area contributed by atoms with Gasteiger partial charge in [-0.1, -0.05) is 26.7 Å². The third kappa shape index (κ3) is 3.51. The average molecular weight is 286 g/mol. The minimum Gasteiger partial charge on any atom is -0.396 e. The number of ether oxygens (including phenoxy) is 1. The number of rotatable bonds is 9. The Hall–Kier alpha value is -0.650. The van der Waals surface area contributed by atoms with Gasteiger partial charge in [0.25, 0.3) is 0 Å². The summed E-state index contributed by atoms with van der Waals surface area (Å²) in [4.78, 5) is 12.3. The van der Waals surface area contributed by atoms with Crippen LogP contribution in [0.3, 0.4) is 0 Å². The quantitative estimate of drug-likeness (QED) is 0.556. The van der Waals surface area contributed by atoms with Crippen molar-refractivity contribution in [3.05, 3.63) is 0 Å². The first kappa shape index (κ1) is 17.4. The molecule has 1 saturated carbocycles. The zero-order valence-electron chi connectivity index (χ0n) is 13.1. The third-order valence-corrected chi connectivity index (χ3v) is 4.61. The van der Waals surface area contributed by atoms with E-state index in [1.807, 2.05) is 20.8 Å². The third-order valence-electron chi connectivity index (χ3n) is 4.61. The molecule has 20 heavy (non-hydrogen) atoms. The van der Waals surface area contributed by atoms with E-state index in [-0.39, 0.29) is 24.0 Å². The summed E-state index contributed by atoms with van der Waals surface area (Å²) in [7, 11) is 0.